The van der Waals surface area contributed by atoms with Crippen molar-refractivity contribution in [2.24, 2.45) is 0 Å². The largest absolute Gasteiger partial charge is 0.483 e. The highest BCUT2D eigenvalue weighted by Gasteiger charge is 2.33. The minimum absolute atomic E-state index is 0.0817. The second-order valence-electron chi connectivity index (χ2n) is 5.50. The number of benzene rings is 1. The fourth-order valence-corrected chi connectivity index (χ4v) is 2.13. The van der Waals surface area contributed by atoms with Gasteiger partial charge in [0.1, 0.15) is 17.9 Å². The maximum absolute atomic E-state index is 12.3. The summed E-state index contributed by atoms with van der Waals surface area (Å²) in [7, 11) is 0. The van der Waals surface area contributed by atoms with E-state index in [1.165, 1.54) is 18.2 Å². The minimum Gasteiger partial charge on any atom is -0.483 e. The Morgan fingerprint density at radius 2 is 2.04 bits per heavy atom. The predicted octanol–water partition coefficient (Wildman–Crippen LogP) is 2.83. The lowest BCUT2D eigenvalue weighted by Gasteiger charge is -2.30. The summed E-state index contributed by atoms with van der Waals surface area (Å²) in [4.78, 5) is 22.3. The summed E-state index contributed by atoms with van der Waals surface area (Å²) in [5.74, 6) is -0.777. The van der Waals surface area contributed by atoms with E-state index >= 15 is 0 Å². The number of ether oxygens (including phenoxy) is 1. The number of amides is 1. The molecule has 6 nitrogen and oxygen atoms in total. The second kappa shape index (κ2) is 5.56. The van der Waals surface area contributed by atoms with Crippen LogP contribution in [0.1, 0.15) is 19.4 Å². The Morgan fingerprint density at radius 3 is 2.61 bits per heavy atom. The van der Waals surface area contributed by atoms with E-state index in [2.05, 4.69) is 0 Å². The summed E-state index contributed by atoms with van der Waals surface area (Å²) in [6.45, 7) is 1.75. The fraction of sp³-hybridized carbons (Fsp3) is 0.357. The molecule has 1 amide bonds. The Labute approximate surface area is 129 Å². The van der Waals surface area contributed by atoms with Gasteiger partial charge in [-0.15, -0.1) is 0 Å². The number of nitrogens with zero attached hydrogens (tertiary/aromatic N) is 1. The fourth-order valence-electron chi connectivity index (χ4n) is 2.13. The quantitative estimate of drug-likeness (QED) is 0.682. The predicted molar refractivity (Wildman–Crippen MR) is 74.8 cm³/mol. The molecular weight excluding hydrogens is 317 g/mol. The molecule has 0 saturated heterocycles. The van der Waals surface area contributed by atoms with Crippen LogP contribution in [-0.4, -0.2) is 29.2 Å². The van der Waals surface area contributed by atoms with E-state index in [4.69, 9.17) is 4.74 Å². The van der Waals surface area contributed by atoms with Gasteiger partial charge in [-0.1, -0.05) is 0 Å². The van der Waals surface area contributed by atoms with Crippen LogP contribution in [0.3, 0.4) is 0 Å². The summed E-state index contributed by atoms with van der Waals surface area (Å²) in [6.07, 6.45) is -3.22. The van der Waals surface area contributed by atoms with Gasteiger partial charge in [0, 0.05) is 17.7 Å². The molecule has 124 valence electrons. The molecule has 23 heavy (non-hydrogen) atoms. The summed E-state index contributed by atoms with van der Waals surface area (Å²) in [5, 5.41) is 12.6. The Hall–Kier alpha value is -2.58. The van der Waals surface area contributed by atoms with Gasteiger partial charge < -0.3 is 10.1 Å². The van der Waals surface area contributed by atoms with E-state index in [1.807, 2.05) is 0 Å². The van der Waals surface area contributed by atoms with Gasteiger partial charge in [0.15, 0.2) is 0 Å². The van der Waals surface area contributed by atoms with Crippen molar-refractivity contribution in [3.8, 4) is 5.75 Å². The van der Waals surface area contributed by atoms with Crippen molar-refractivity contribution in [1.29, 1.82) is 0 Å². The maximum Gasteiger partial charge on any atom is 0.405 e. The molecule has 0 bridgehead atoms. The number of nitro groups is 1. The average molecular weight is 330 g/mol. The summed E-state index contributed by atoms with van der Waals surface area (Å²) >= 11 is 0. The summed E-state index contributed by atoms with van der Waals surface area (Å²) < 4.78 is 42.3. The maximum atomic E-state index is 12.3. The van der Waals surface area contributed by atoms with Gasteiger partial charge in [-0.25, -0.2) is 0 Å². The molecule has 0 aliphatic carbocycles. The van der Waals surface area contributed by atoms with Gasteiger partial charge in [0.25, 0.3) is 11.6 Å². The second-order valence-corrected chi connectivity index (χ2v) is 5.50. The first-order valence-corrected chi connectivity index (χ1v) is 6.54. The van der Waals surface area contributed by atoms with E-state index in [0.29, 0.717) is 0 Å². The third-order valence-corrected chi connectivity index (χ3v) is 3.02. The number of hydrogen-bond acceptors (Lipinski definition) is 4. The van der Waals surface area contributed by atoms with Crippen LogP contribution < -0.4 is 10.1 Å². The topological polar surface area (TPSA) is 81.5 Å². The number of hydrogen-bond donors (Lipinski definition) is 1. The lowest BCUT2D eigenvalue weighted by molar-refractivity contribution is -0.384. The van der Waals surface area contributed by atoms with Gasteiger partial charge in [0.2, 0.25) is 0 Å². The Kier molecular flexibility index (Phi) is 4.06. The number of non-ortho nitro benzene ring substituents is 1. The minimum atomic E-state index is -4.55. The number of nitrogens with one attached hydrogen (secondary N) is 1. The highest BCUT2D eigenvalue weighted by Crippen LogP contribution is 2.38. The van der Waals surface area contributed by atoms with Crippen LogP contribution in [0.2, 0.25) is 0 Å². The summed E-state index contributed by atoms with van der Waals surface area (Å²) in [6, 6.07) is 3.62. The Balaban J connectivity index is 2.41. The molecular formula is C14H13F3N2O4. The Bertz CT molecular complexity index is 696. The molecule has 0 radical (unpaired) electrons. The van der Waals surface area contributed by atoms with Crippen LogP contribution >= 0.6 is 0 Å². The lowest BCUT2D eigenvalue weighted by atomic mass is 9.94. The zero-order valence-electron chi connectivity index (χ0n) is 12.2. The van der Waals surface area contributed by atoms with Crippen LogP contribution in [0.15, 0.2) is 24.3 Å². The number of fused-ring (bicyclic) bond motifs is 1. The molecule has 0 atom stereocenters. The van der Waals surface area contributed by atoms with Crippen molar-refractivity contribution in [3.63, 3.8) is 0 Å². The van der Waals surface area contributed by atoms with Crippen LogP contribution in [0.4, 0.5) is 18.9 Å². The number of nitro benzene ring substituents is 1. The van der Waals surface area contributed by atoms with Crippen molar-refractivity contribution in [1.82, 2.24) is 5.32 Å². The van der Waals surface area contributed by atoms with Crippen molar-refractivity contribution >= 4 is 17.2 Å². The first kappa shape index (κ1) is 16.8. The van der Waals surface area contributed by atoms with Crippen molar-refractivity contribution in [2.45, 2.75) is 25.6 Å². The molecule has 1 aliphatic heterocycles. The lowest BCUT2D eigenvalue weighted by Crippen LogP contribution is -2.37. The van der Waals surface area contributed by atoms with E-state index in [1.54, 1.807) is 19.2 Å². The molecule has 1 N–H and O–H groups in total. The van der Waals surface area contributed by atoms with Crippen molar-refractivity contribution in [3.05, 3.63) is 40.0 Å². The molecule has 1 aromatic rings. The number of halogens is 3. The molecule has 1 aromatic carbocycles. The number of carbonyl (C=O) groups excluding carboxylic acids is 1. The molecule has 0 spiro atoms. The van der Waals surface area contributed by atoms with Crippen LogP contribution in [0.25, 0.3) is 5.57 Å². The monoisotopic (exact) mass is 330 g/mol. The molecule has 0 unspecified atom stereocenters. The van der Waals surface area contributed by atoms with Gasteiger partial charge in [-0.05, 0) is 26.0 Å². The molecule has 2 rings (SSSR count). The van der Waals surface area contributed by atoms with Gasteiger partial charge in [-0.3, -0.25) is 14.9 Å². The molecule has 1 heterocycles. The summed E-state index contributed by atoms with van der Waals surface area (Å²) in [5.41, 5.74) is -1.24. The average Bonchev–Trinajstić information content (AvgIpc) is 2.41. The van der Waals surface area contributed by atoms with E-state index < -0.39 is 29.2 Å². The normalized spacial score (nSPS) is 16.0. The zero-order chi connectivity index (χ0) is 17.4. The molecule has 0 aromatic heterocycles. The molecule has 0 saturated carbocycles. The van der Waals surface area contributed by atoms with Crippen LogP contribution in [0.5, 0.6) is 5.75 Å². The first-order chi connectivity index (χ1) is 10.5. The highest BCUT2D eigenvalue weighted by molar-refractivity contribution is 6.21. The van der Waals surface area contributed by atoms with E-state index in [0.717, 1.165) is 6.07 Å². The Morgan fingerprint density at radius 1 is 1.39 bits per heavy atom. The van der Waals surface area contributed by atoms with E-state index in [9.17, 15) is 28.1 Å². The SMILES string of the molecule is CC1(C)C=C(C(=O)NCC(F)(F)F)c2cc([N+](=O)[O-])ccc2O1. The number of carbonyl (C=O) groups is 1. The van der Waals surface area contributed by atoms with Crippen LogP contribution in [-0.2, 0) is 4.79 Å². The van der Waals surface area contributed by atoms with Gasteiger partial charge in [-0.2, -0.15) is 13.2 Å². The zero-order valence-corrected chi connectivity index (χ0v) is 12.2. The smallest absolute Gasteiger partial charge is 0.405 e. The third kappa shape index (κ3) is 3.99. The first-order valence-electron chi connectivity index (χ1n) is 6.54. The number of rotatable bonds is 3. The van der Waals surface area contributed by atoms with E-state index in [-0.39, 0.29) is 22.6 Å². The highest BCUT2D eigenvalue weighted by atomic mass is 19.4. The van der Waals surface area contributed by atoms with Crippen molar-refractivity contribution in [2.75, 3.05) is 6.54 Å². The molecule has 1 aliphatic rings. The van der Waals surface area contributed by atoms with Crippen LogP contribution in [0, 0.1) is 10.1 Å². The molecule has 0 fully saturated rings. The molecule has 9 heteroatoms. The van der Waals surface area contributed by atoms with Gasteiger partial charge >= 0.3 is 6.18 Å². The standard InChI is InChI=1S/C14H13F3N2O4/c1-13(2)6-10(12(20)18-7-14(15,16)17)9-5-8(19(21)22)3-4-11(9)23-13/h3-6H,7H2,1-2H3,(H,18,20). The van der Waals surface area contributed by atoms with Gasteiger partial charge in [0.05, 0.1) is 10.5 Å². The third-order valence-electron chi connectivity index (χ3n) is 3.02. The number of alkyl halides is 3. The van der Waals surface area contributed by atoms with Crippen molar-refractivity contribution < 1.29 is 27.6 Å².